The molecule has 0 amide bonds. The summed E-state index contributed by atoms with van der Waals surface area (Å²) in [5.41, 5.74) is 11.3. The summed E-state index contributed by atoms with van der Waals surface area (Å²) >= 11 is 0. The summed E-state index contributed by atoms with van der Waals surface area (Å²) in [6, 6.07) is 0.562. The summed E-state index contributed by atoms with van der Waals surface area (Å²) < 4.78 is 0. The minimum atomic E-state index is -1.50. The number of nitrogens with zero attached hydrogens (tertiary/aromatic N) is 2. The largest absolute Gasteiger partial charge is 0.328 e. The van der Waals surface area contributed by atoms with Crippen LogP contribution in [-0.2, 0) is 21.1 Å². The molecule has 0 bridgehead atoms. The minimum Gasteiger partial charge on any atom is -0.328 e. The molecule has 0 radical (unpaired) electrons. The molecule has 0 aromatic rings. The third-order valence-electron chi connectivity index (χ3n) is 1.87. The normalized spacial score (nSPS) is 21.5. The van der Waals surface area contributed by atoms with E-state index in [1.54, 1.807) is 0 Å². The Morgan fingerprint density at radius 1 is 0.941 bits per heavy atom. The van der Waals surface area contributed by atoms with Crippen molar-refractivity contribution in [2.75, 3.05) is 0 Å². The van der Waals surface area contributed by atoms with Gasteiger partial charge in [0.2, 0.25) is 0 Å². The third kappa shape index (κ3) is 25.4. The number of hydrogen-bond donors (Lipinski definition) is 4. The van der Waals surface area contributed by atoms with E-state index in [1.807, 2.05) is 0 Å². The molecule has 17 heavy (non-hydrogen) atoms. The van der Waals surface area contributed by atoms with Crippen LogP contribution < -0.4 is 11.5 Å². The molecule has 0 aliphatic heterocycles. The van der Waals surface area contributed by atoms with E-state index in [4.69, 9.17) is 42.1 Å². The first-order chi connectivity index (χ1) is 7.27. The van der Waals surface area contributed by atoms with E-state index >= 15 is 0 Å². The molecule has 106 valence electrons. The summed E-state index contributed by atoms with van der Waals surface area (Å²) in [5.74, 6) is 0. The van der Waals surface area contributed by atoms with Crippen LogP contribution in [0.1, 0.15) is 25.7 Å². The third-order valence-corrected chi connectivity index (χ3v) is 1.87. The monoisotopic (exact) mass is 435 g/mol. The van der Waals surface area contributed by atoms with Crippen molar-refractivity contribution in [1.82, 2.24) is 0 Å². The molecule has 11 heteroatoms. The average molecular weight is 435 g/mol. The first-order valence-corrected chi connectivity index (χ1v) is 4.45. The molecule has 0 unspecified atom stereocenters. The van der Waals surface area contributed by atoms with Crippen LogP contribution in [0.4, 0.5) is 0 Å². The maximum absolute atomic E-state index is 8.36. The van der Waals surface area contributed by atoms with Crippen molar-refractivity contribution in [2.45, 2.75) is 37.8 Å². The Balaban J connectivity index is -0.000000189. The van der Waals surface area contributed by atoms with Crippen molar-refractivity contribution in [3.8, 4) is 0 Å². The van der Waals surface area contributed by atoms with Crippen LogP contribution in [0.15, 0.2) is 0 Å². The molecule has 6 N–H and O–H groups in total. The van der Waals surface area contributed by atoms with Crippen molar-refractivity contribution < 1.29 is 41.7 Å². The van der Waals surface area contributed by atoms with Gasteiger partial charge in [-0.3, -0.25) is 0 Å². The Morgan fingerprint density at radius 3 is 1.24 bits per heavy atom. The van der Waals surface area contributed by atoms with Crippen LogP contribution >= 0.6 is 0 Å². The van der Waals surface area contributed by atoms with Gasteiger partial charge in [0.05, 0.1) is 0 Å². The van der Waals surface area contributed by atoms with Crippen LogP contribution in [0, 0.1) is 20.2 Å². The molecule has 1 aliphatic rings. The van der Waals surface area contributed by atoms with E-state index in [1.165, 1.54) is 12.8 Å². The maximum Gasteiger partial charge on any atom is 0.291 e. The van der Waals surface area contributed by atoms with Gasteiger partial charge in [-0.2, -0.15) is 0 Å². The maximum atomic E-state index is 8.36. The summed E-state index contributed by atoms with van der Waals surface area (Å²) in [6.45, 7) is 0. The summed E-state index contributed by atoms with van der Waals surface area (Å²) in [4.78, 5) is 16.7. The quantitative estimate of drug-likeness (QED) is 0.291. The molecule has 0 aromatic heterocycles. The van der Waals surface area contributed by atoms with Crippen LogP contribution in [0.5, 0.6) is 0 Å². The van der Waals surface area contributed by atoms with Gasteiger partial charge in [-0.1, -0.05) is 12.8 Å². The fourth-order valence-electron chi connectivity index (χ4n) is 1.19. The Hall–Kier alpha value is -0.992. The van der Waals surface area contributed by atoms with Crippen molar-refractivity contribution in [3.63, 3.8) is 0 Å². The number of nitrogens with two attached hydrogens (primary N) is 2. The molecule has 0 aromatic carbocycles. The second-order valence-corrected chi connectivity index (χ2v) is 3.09. The standard InChI is InChI=1S/C6H14N2.2HNO3.Pt/c7-5-3-1-2-4-6(5)8;2*2-1(3)4;/h5-6H,1-4,7-8H2;2*(H,2,3,4);/t5-,6-;;;/m1.../s1. The van der Waals surface area contributed by atoms with E-state index in [-0.39, 0.29) is 33.1 Å². The van der Waals surface area contributed by atoms with Gasteiger partial charge in [0.15, 0.2) is 0 Å². The Kier molecular flexibility index (Phi) is 16.4. The first-order valence-electron chi connectivity index (χ1n) is 4.45. The van der Waals surface area contributed by atoms with E-state index < -0.39 is 10.2 Å². The molecule has 1 aliphatic carbocycles. The molecule has 0 saturated heterocycles. The van der Waals surface area contributed by atoms with Crippen LogP contribution in [0.3, 0.4) is 0 Å². The van der Waals surface area contributed by atoms with Gasteiger partial charge in [-0.05, 0) is 12.8 Å². The fourth-order valence-corrected chi connectivity index (χ4v) is 1.19. The molecule has 2 atom stereocenters. The Labute approximate surface area is 111 Å². The van der Waals surface area contributed by atoms with Crippen molar-refractivity contribution in [1.29, 1.82) is 0 Å². The topological polar surface area (TPSA) is 179 Å². The molecular formula is C6H16N4O6Pt. The zero-order valence-electron chi connectivity index (χ0n) is 8.88. The summed E-state index contributed by atoms with van der Waals surface area (Å²) in [6.07, 6.45) is 4.80. The van der Waals surface area contributed by atoms with E-state index in [0.29, 0.717) is 0 Å². The molecule has 1 saturated carbocycles. The summed E-state index contributed by atoms with van der Waals surface area (Å²) in [7, 11) is 0. The van der Waals surface area contributed by atoms with Crippen molar-refractivity contribution in [2.24, 2.45) is 11.5 Å². The molecule has 0 spiro atoms. The zero-order chi connectivity index (χ0) is 13.1. The predicted octanol–water partition coefficient (Wildman–Crippen LogP) is -0.483. The van der Waals surface area contributed by atoms with Crippen LogP contribution in [0.25, 0.3) is 0 Å². The van der Waals surface area contributed by atoms with Crippen molar-refractivity contribution in [3.05, 3.63) is 20.2 Å². The van der Waals surface area contributed by atoms with Gasteiger partial charge < -0.3 is 21.9 Å². The number of hydrogen-bond acceptors (Lipinski definition) is 6. The average Bonchev–Trinajstić information content (AvgIpc) is 2.08. The molecular weight excluding hydrogens is 419 g/mol. The number of rotatable bonds is 0. The van der Waals surface area contributed by atoms with E-state index in [2.05, 4.69) is 0 Å². The van der Waals surface area contributed by atoms with Gasteiger partial charge in [0.1, 0.15) is 0 Å². The van der Waals surface area contributed by atoms with Gasteiger partial charge in [-0.25, -0.2) is 0 Å². The molecule has 0 heterocycles. The second kappa shape index (κ2) is 13.1. The van der Waals surface area contributed by atoms with Gasteiger partial charge in [-0.15, -0.1) is 20.2 Å². The Bertz CT molecular complexity index is 189. The predicted molar refractivity (Wildman–Crippen MR) is 52.0 cm³/mol. The first kappa shape index (κ1) is 21.3. The van der Waals surface area contributed by atoms with E-state index in [0.717, 1.165) is 12.8 Å². The zero-order valence-corrected chi connectivity index (χ0v) is 11.1. The Morgan fingerprint density at radius 2 is 1.12 bits per heavy atom. The SMILES string of the molecule is N[C@@H]1CCCC[C@H]1N.O=[N+]([O-])O.O=[N+]([O-])O.[Pt]. The fraction of sp³-hybridized carbons (Fsp3) is 1.00. The molecule has 10 nitrogen and oxygen atoms in total. The van der Waals surface area contributed by atoms with E-state index in [9.17, 15) is 0 Å². The van der Waals surface area contributed by atoms with Crippen LogP contribution in [0.2, 0.25) is 0 Å². The van der Waals surface area contributed by atoms with Gasteiger partial charge >= 0.3 is 0 Å². The molecule has 1 rings (SSSR count). The molecule has 1 fully saturated rings. The van der Waals surface area contributed by atoms with Crippen LogP contribution in [-0.4, -0.2) is 32.7 Å². The smallest absolute Gasteiger partial charge is 0.291 e. The summed E-state index contributed by atoms with van der Waals surface area (Å²) in [5, 5.41) is 27.3. The minimum absolute atomic E-state index is 0. The van der Waals surface area contributed by atoms with Gasteiger partial charge in [0, 0.05) is 33.1 Å². The second-order valence-electron chi connectivity index (χ2n) is 3.09. The van der Waals surface area contributed by atoms with Gasteiger partial charge in [0.25, 0.3) is 10.2 Å². The van der Waals surface area contributed by atoms with Crippen molar-refractivity contribution >= 4 is 0 Å².